The van der Waals surface area contributed by atoms with Crippen LogP contribution in [0.1, 0.15) is 33.1 Å². The molecule has 0 saturated heterocycles. The molecule has 1 atom stereocenters. The molecular formula is C16H26O2Si. The van der Waals surface area contributed by atoms with E-state index in [4.69, 9.17) is 4.74 Å². The molecule has 106 valence electrons. The first-order valence-electron chi connectivity index (χ1n) is 7.39. The summed E-state index contributed by atoms with van der Waals surface area (Å²) < 4.78 is 5.51. The van der Waals surface area contributed by atoms with Crippen LogP contribution >= 0.6 is 0 Å². The first kappa shape index (κ1) is 14.6. The number of carbonyl (C=O) groups excluding carboxylic acids is 1. The fraction of sp³-hybridized carbons (Fsp3) is 0.688. The number of rotatable bonds is 4. The van der Waals surface area contributed by atoms with Crippen molar-refractivity contribution < 1.29 is 9.53 Å². The van der Waals surface area contributed by atoms with E-state index < -0.39 is 8.07 Å². The second-order valence-electron chi connectivity index (χ2n) is 7.02. The summed E-state index contributed by atoms with van der Waals surface area (Å²) in [5.41, 5.74) is 1.03. The number of carbonyl (C=O) groups is 1. The molecule has 2 nitrogen and oxygen atoms in total. The third-order valence-electron chi connectivity index (χ3n) is 4.66. The molecule has 0 bridgehead atoms. The van der Waals surface area contributed by atoms with Gasteiger partial charge in [0.2, 0.25) is 0 Å². The van der Waals surface area contributed by atoms with Gasteiger partial charge in [-0.25, -0.2) is 0 Å². The fourth-order valence-electron chi connectivity index (χ4n) is 2.99. The van der Waals surface area contributed by atoms with Crippen LogP contribution in [0.25, 0.3) is 0 Å². The van der Waals surface area contributed by atoms with Gasteiger partial charge in [-0.3, -0.25) is 4.79 Å². The minimum Gasteiger partial charge on any atom is -0.498 e. The topological polar surface area (TPSA) is 26.3 Å². The summed E-state index contributed by atoms with van der Waals surface area (Å²) in [7, 11) is -1.23. The molecule has 19 heavy (non-hydrogen) atoms. The highest BCUT2D eigenvalue weighted by molar-refractivity contribution is 6.80. The summed E-state index contributed by atoms with van der Waals surface area (Å²) in [6.45, 7) is 12.0. The van der Waals surface area contributed by atoms with Gasteiger partial charge in [0.05, 0.1) is 14.7 Å². The Kier molecular flexibility index (Phi) is 3.78. The van der Waals surface area contributed by atoms with Gasteiger partial charge in [-0.15, -0.1) is 0 Å². The lowest BCUT2D eigenvalue weighted by Crippen LogP contribution is -2.29. The molecule has 0 heterocycles. The molecule has 0 aliphatic heterocycles. The van der Waals surface area contributed by atoms with Crippen molar-refractivity contribution in [3.63, 3.8) is 0 Å². The van der Waals surface area contributed by atoms with Gasteiger partial charge in [-0.05, 0) is 36.3 Å². The Hall–Kier alpha value is -0.833. The van der Waals surface area contributed by atoms with E-state index in [0.717, 1.165) is 17.8 Å². The van der Waals surface area contributed by atoms with Crippen LogP contribution in [0, 0.1) is 5.92 Å². The summed E-state index contributed by atoms with van der Waals surface area (Å²) in [5.74, 6) is 1.33. The highest BCUT2D eigenvalue weighted by atomic mass is 28.3. The van der Waals surface area contributed by atoms with Crippen molar-refractivity contribution in [2.24, 2.45) is 5.92 Å². The van der Waals surface area contributed by atoms with Crippen molar-refractivity contribution >= 4 is 13.9 Å². The normalized spacial score (nSPS) is 28.3. The molecule has 0 amide bonds. The summed E-state index contributed by atoms with van der Waals surface area (Å²) in [5, 5.41) is 0.378. The van der Waals surface area contributed by atoms with E-state index in [1.54, 1.807) is 6.08 Å². The molecule has 0 unspecified atom stereocenters. The van der Waals surface area contributed by atoms with E-state index in [9.17, 15) is 4.79 Å². The smallest absolute Gasteiger partial charge is 0.185 e. The Labute approximate surface area is 117 Å². The molecule has 0 aromatic carbocycles. The number of hydrogen-bond acceptors (Lipinski definition) is 2. The molecule has 2 rings (SSSR count). The minimum absolute atomic E-state index is 0.173. The summed E-state index contributed by atoms with van der Waals surface area (Å²) in [6.07, 6.45) is 7.46. The van der Waals surface area contributed by atoms with Gasteiger partial charge < -0.3 is 4.74 Å². The molecule has 0 radical (unpaired) electrons. The lowest BCUT2D eigenvalue weighted by molar-refractivity contribution is -0.112. The van der Waals surface area contributed by atoms with Crippen LogP contribution in [0.4, 0.5) is 0 Å². The van der Waals surface area contributed by atoms with Gasteiger partial charge in [0, 0.05) is 12.5 Å². The van der Waals surface area contributed by atoms with E-state index in [1.807, 2.05) is 6.92 Å². The standard InChI is InChI=1S/C16H26O2Si/c1-6-18-13-9-12(2)14(15(17)10-13)11-16(7-8-16)19(3,4)5/h10-12H,6-9H2,1-5H3/b14-11+/t12-/m1/s1. The van der Waals surface area contributed by atoms with E-state index in [2.05, 4.69) is 32.6 Å². The van der Waals surface area contributed by atoms with Crippen LogP contribution < -0.4 is 0 Å². The SMILES string of the molecule is CCOC1=CC(=O)/C(=C/C2([Si](C)(C)C)CC2)[C@H](C)C1. The molecule has 0 aromatic rings. The first-order chi connectivity index (χ1) is 8.79. The van der Waals surface area contributed by atoms with E-state index >= 15 is 0 Å². The summed E-state index contributed by atoms with van der Waals surface area (Å²) >= 11 is 0. The van der Waals surface area contributed by atoms with Crippen molar-refractivity contribution in [2.75, 3.05) is 6.61 Å². The Bertz CT molecular complexity index is 436. The van der Waals surface area contributed by atoms with E-state index in [1.165, 1.54) is 12.8 Å². The Morgan fingerprint density at radius 1 is 1.42 bits per heavy atom. The predicted molar refractivity (Wildman–Crippen MR) is 81.9 cm³/mol. The molecule has 2 aliphatic rings. The number of ether oxygens (including phenoxy) is 1. The molecule has 0 N–H and O–H groups in total. The van der Waals surface area contributed by atoms with Gasteiger partial charge >= 0.3 is 0 Å². The average Bonchev–Trinajstić information content (AvgIpc) is 3.04. The van der Waals surface area contributed by atoms with Crippen LogP contribution in [0.5, 0.6) is 0 Å². The molecule has 2 aliphatic carbocycles. The number of hydrogen-bond donors (Lipinski definition) is 0. The summed E-state index contributed by atoms with van der Waals surface area (Å²) in [4.78, 5) is 12.3. The third-order valence-corrected chi connectivity index (χ3v) is 8.29. The van der Waals surface area contributed by atoms with Gasteiger partial charge in [0.1, 0.15) is 5.76 Å². The van der Waals surface area contributed by atoms with Crippen LogP contribution in [-0.4, -0.2) is 20.5 Å². The fourth-order valence-corrected chi connectivity index (χ4v) is 5.20. The Morgan fingerprint density at radius 3 is 2.47 bits per heavy atom. The summed E-state index contributed by atoms with van der Waals surface area (Å²) in [6, 6.07) is 0. The average molecular weight is 278 g/mol. The quantitative estimate of drug-likeness (QED) is 0.565. The van der Waals surface area contributed by atoms with Gasteiger partial charge in [-0.1, -0.05) is 32.6 Å². The first-order valence-corrected chi connectivity index (χ1v) is 10.9. The zero-order valence-electron chi connectivity index (χ0n) is 12.9. The molecule has 0 aromatic heterocycles. The number of ketones is 1. The largest absolute Gasteiger partial charge is 0.498 e. The van der Waals surface area contributed by atoms with Crippen LogP contribution in [0.15, 0.2) is 23.5 Å². The zero-order chi connectivity index (χ0) is 14.3. The zero-order valence-corrected chi connectivity index (χ0v) is 13.9. The Balaban J connectivity index is 2.25. The molecule has 0 spiro atoms. The highest BCUT2D eigenvalue weighted by Crippen LogP contribution is 2.62. The maximum absolute atomic E-state index is 12.3. The van der Waals surface area contributed by atoms with Gasteiger partial charge in [0.15, 0.2) is 5.78 Å². The van der Waals surface area contributed by atoms with Crippen LogP contribution in [-0.2, 0) is 9.53 Å². The number of allylic oxidation sites excluding steroid dienone is 4. The molecule has 1 saturated carbocycles. The Morgan fingerprint density at radius 2 is 2.05 bits per heavy atom. The van der Waals surface area contributed by atoms with Crippen LogP contribution in [0.3, 0.4) is 0 Å². The highest BCUT2D eigenvalue weighted by Gasteiger charge is 2.51. The third kappa shape index (κ3) is 2.86. The maximum Gasteiger partial charge on any atom is 0.185 e. The van der Waals surface area contributed by atoms with E-state index in [-0.39, 0.29) is 5.78 Å². The monoisotopic (exact) mass is 278 g/mol. The van der Waals surface area contributed by atoms with Crippen molar-refractivity contribution in [2.45, 2.75) is 57.8 Å². The van der Waals surface area contributed by atoms with E-state index in [0.29, 0.717) is 17.6 Å². The van der Waals surface area contributed by atoms with Crippen LogP contribution in [0.2, 0.25) is 24.7 Å². The van der Waals surface area contributed by atoms with Gasteiger partial charge in [-0.2, -0.15) is 0 Å². The molecule has 3 heteroatoms. The second kappa shape index (κ2) is 4.93. The molecule has 1 fully saturated rings. The molecular weight excluding hydrogens is 252 g/mol. The maximum atomic E-state index is 12.3. The lowest BCUT2D eigenvalue weighted by atomic mass is 9.87. The van der Waals surface area contributed by atoms with Crippen molar-refractivity contribution in [3.05, 3.63) is 23.5 Å². The van der Waals surface area contributed by atoms with Gasteiger partial charge in [0.25, 0.3) is 0 Å². The van der Waals surface area contributed by atoms with Crippen molar-refractivity contribution in [1.82, 2.24) is 0 Å². The van der Waals surface area contributed by atoms with Crippen molar-refractivity contribution in [1.29, 1.82) is 0 Å². The predicted octanol–water partition coefficient (Wildman–Crippen LogP) is 4.31. The van der Waals surface area contributed by atoms with Crippen molar-refractivity contribution in [3.8, 4) is 0 Å². The second-order valence-corrected chi connectivity index (χ2v) is 12.5. The minimum atomic E-state index is -1.23. The lowest BCUT2D eigenvalue weighted by Gasteiger charge is -2.29.